The first-order valence-electron chi connectivity index (χ1n) is 9.34. The predicted octanol–water partition coefficient (Wildman–Crippen LogP) is 3.68. The van der Waals surface area contributed by atoms with Crippen molar-refractivity contribution in [1.82, 2.24) is 9.97 Å². The van der Waals surface area contributed by atoms with E-state index in [2.05, 4.69) is 25.9 Å². The fourth-order valence-corrected chi connectivity index (χ4v) is 3.40. The van der Waals surface area contributed by atoms with Crippen molar-refractivity contribution < 1.29 is 14.0 Å². The van der Waals surface area contributed by atoms with Crippen molar-refractivity contribution in [2.75, 3.05) is 16.0 Å². The van der Waals surface area contributed by atoms with Crippen molar-refractivity contribution in [1.29, 1.82) is 0 Å². The minimum atomic E-state index is -1.03. The molecule has 2 amide bonds. The van der Waals surface area contributed by atoms with E-state index in [0.29, 0.717) is 16.4 Å². The minimum absolute atomic E-state index is 0.00768. The van der Waals surface area contributed by atoms with Crippen molar-refractivity contribution in [3.05, 3.63) is 74.8 Å². The Morgan fingerprint density at radius 2 is 1.87 bits per heavy atom. The monoisotopic (exact) mass is 441 g/mol. The summed E-state index contributed by atoms with van der Waals surface area (Å²) in [5.41, 5.74) is 1.27. The lowest BCUT2D eigenvalue weighted by Crippen LogP contribution is -2.36. The predicted molar refractivity (Wildman–Crippen MR) is 115 cm³/mol. The number of hydrogen-bond donors (Lipinski definition) is 4. The van der Waals surface area contributed by atoms with Gasteiger partial charge in [-0.3, -0.25) is 19.4 Å². The highest BCUT2D eigenvalue weighted by Gasteiger charge is 2.34. The van der Waals surface area contributed by atoms with E-state index in [9.17, 15) is 18.8 Å². The number of amides is 2. The molecule has 0 spiro atoms. The Bertz CT molecular complexity index is 1240. The molecule has 0 radical (unpaired) electrons. The van der Waals surface area contributed by atoms with Gasteiger partial charge in [0.1, 0.15) is 11.6 Å². The lowest BCUT2D eigenvalue weighted by atomic mass is 9.92. The number of H-pyrrole nitrogens is 1. The Kier molecular flexibility index (Phi) is 5.43. The van der Waals surface area contributed by atoms with Gasteiger partial charge < -0.3 is 16.0 Å². The van der Waals surface area contributed by atoms with Gasteiger partial charge in [-0.1, -0.05) is 17.7 Å². The molecule has 4 N–H and O–H groups in total. The quantitative estimate of drug-likeness (QED) is 0.493. The molecule has 0 saturated carbocycles. The Morgan fingerprint density at radius 3 is 2.58 bits per heavy atom. The number of nitrogens with one attached hydrogen (secondary N) is 4. The molecule has 0 aliphatic carbocycles. The minimum Gasteiger partial charge on any atom is -0.326 e. The number of halogens is 2. The molecule has 1 aliphatic heterocycles. The highest BCUT2D eigenvalue weighted by atomic mass is 35.5. The average Bonchev–Trinajstić information content (AvgIpc) is 2.71. The van der Waals surface area contributed by atoms with Crippen molar-refractivity contribution in [3.8, 4) is 0 Å². The van der Waals surface area contributed by atoms with E-state index >= 15 is 0 Å². The molecule has 1 aliphatic rings. The number of carbonyl (C=O) groups excluding carboxylic acids is 2. The summed E-state index contributed by atoms with van der Waals surface area (Å²) in [6.07, 6.45) is -0.200. The summed E-state index contributed by atoms with van der Waals surface area (Å²) in [5, 5.41) is 8.54. The highest BCUT2D eigenvalue weighted by Crippen LogP contribution is 2.30. The zero-order valence-electron chi connectivity index (χ0n) is 16.3. The fourth-order valence-electron chi connectivity index (χ4n) is 3.22. The van der Waals surface area contributed by atoms with Gasteiger partial charge in [0, 0.05) is 22.8 Å². The number of nitrogens with zero attached hydrogens (tertiary/aromatic N) is 1. The number of fused-ring (bicyclic) bond motifs is 1. The van der Waals surface area contributed by atoms with Gasteiger partial charge in [-0.05, 0) is 48.9 Å². The molecular weight excluding hydrogens is 425 g/mol. The Hall–Kier alpha value is -3.72. The van der Waals surface area contributed by atoms with Crippen LogP contribution in [0.1, 0.15) is 23.5 Å². The van der Waals surface area contributed by atoms with E-state index in [1.807, 2.05) is 6.92 Å². The largest absolute Gasteiger partial charge is 0.326 e. The zero-order chi connectivity index (χ0) is 22.1. The van der Waals surface area contributed by atoms with Crippen LogP contribution < -0.4 is 21.5 Å². The Balaban J connectivity index is 1.63. The van der Waals surface area contributed by atoms with Crippen LogP contribution in [0.4, 0.5) is 27.5 Å². The maximum Gasteiger partial charge on any atom is 0.258 e. The van der Waals surface area contributed by atoms with E-state index in [4.69, 9.17) is 11.6 Å². The Morgan fingerprint density at radius 1 is 1.16 bits per heavy atom. The summed E-state index contributed by atoms with van der Waals surface area (Å²) in [7, 11) is 0. The number of anilines is 4. The fraction of sp³-hybridized carbons (Fsp3) is 0.143. The maximum atomic E-state index is 13.1. The summed E-state index contributed by atoms with van der Waals surface area (Å²) < 4.78 is 13.1. The van der Waals surface area contributed by atoms with E-state index in [0.717, 1.165) is 5.56 Å². The first-order valence-corrected chi connectivity index (χ1v) is 9.71. The van der Waals surface area contributed by atoms with Gasteiger partial charge >= 0.3 is 0 Å². The third-order valence-corrected chi connectivity index (χ3v) is 5.22. The number of hydrogen-bond acceptors (Lipinski definition) is 5. The molecule has 1 aromatic heterocycles. The molecule has 8 nitrogen and oxygen atoms in total. The van der Waals surface area contributed by atoms with Crippen LogP contribution in [0.15, 0.2) is 47.3 Å². The first-order chi connectivity index (χ1) is 14.8. The summed E-state index contributed by atoms with van der Waals surface area (Å²) in [6.45, 7) is 1.83. The number of aromatic nitrogens is 2. The molecule has 3 aromatic rings. The summed E-state index contributed by atoms with van der Waals surface area (Å²) >= 11 is 6.10. The van der Waals surface area contributed by atoms with E-state index < -0.39 is 29.1 Å². The van der Waals surface area contributed by atoms with Crippen molar-refractivity contribution in [2.45, 2.75) is 19.3 Å². The van der Waals surface area contributed by atoms with Gasteiger partial charge in [-0.2, -0.15) is 4.98 Å². The van der Waals surface area contributed by atoms with Gasteiger partial charge in [-0.25, -0.2) is 4.39 Å². The van der Waals surface area contributed by atoms with Crippen LogP contribution in [-0.4, -0.2) is 21.8 Å². The molecule has 1 atom stereocenters. The molecule has 1 unspecified atom stereocenters. The second-order valence-electron chi connectivity index (χ2n) is 7.07. The van der Waals surface area contributed by atoms with E-state index in [-0.39, 0.29) is 23.8 Å². The highest BCUT2D eigenvalue weighted by molar-refractivity contribution is 6.31. The zero-order valence-corrected chi connectivity index (χ0v) is 17.0. The third kappa shape index (κ3) is 4.41. The summed E-state index contributed by atoms with van der Waals surface area (Å²) in [6, 6.07) is 10.5. The topological polar surface area (TPSA) is 116 Å². The van der Waals surface area contributed by atoms with Crippen molar-refractivity contribution in [2.24, 2.45) is 0 Å². The molecule has 0 bridgehead atoms. The van der Waals surface area contributed by atoms with Crippen LogP contribution in [0.25, 0.3) is 0 Å². The maximum absolute atomic E-state index is 13.1. The summed E-state index contributed by atoms with van der Waals surface area (Å²) in [4.78, 5) is 44.6. The molecule has 0 fully saturated rings. The van der Waals surface area contributed by atoms with Crippen molar-refractivity contribution in [3.63, 3.8) is 0 Å². The van der Waals surface area contributed by atoms with Crippen LogP contribution in [-0.2, 0) is 9.59 Å². The second kappa shape index (κ2) is 8.19. The number of benzene rings is 2. The lowest BCUT2D eigenvalue weighted by molar-refractivity contribution is -0.123. The van der Waals surface area contributed by atoms with Crippen molar-refractivity contribution >= 4 is 46.6 Å². The van der Waals surface area contributed by atoms with Crippen LogP contribution in [0.3, 0.4) is 0 Å². The number of aromatic amines is 1. The van der Waals surface area contributed by atoms with Gasteiger partial charge in [0.15, 0.2) is 0 Å². The number of rotatable bonds is 4. The normalized spacial score (nSPS) is 15.1. The Labute approximate surface area is 180 Å². The lowest BCUT2D eigenvalue weighted by Gasteiger charge is -2.23. The first kappa shape index (κ1) is 20.5. The smallest absolute Gasteiger partial charge is 0.258 e. The van der Waals surface area contributed by atoms with Gasteiger partial charge in [0.25, 0.3) is 5.56 Å². The molecule has 0 saturated heterocycles. The standard InChI is InChI=1S/C21H17ClFN5O3/c1-10-2-5-13(8-15(10)22)24-19(30)14-9-16(29)26-18-17(14)20(31)28-21(27-18)25-12-6-3-11(23)4-7-12/h2-8,14H,9H2,1H3,(H,24,30)(H3,25,26,27,28,29,31). The van der Waals surface area contributed by atoms with E-state index in [1.54, 1.807) is 18.2 Å². The summed E-state index contributed by atoms with van der Waals surface area (Å²) in [5.74, 6) is -2.37. The molecular formula is C21H17ClFN5O3. The van der Waals surface area contributed by atoms with Gasteiger partial charge in [0.2, 0.25) is 17.8 Å². The van der Waals surface area contributed by atoms with Crippen LogP contribution in [0, 0.1) is 12.7 Å². The van der Waals surface area contributed by atoms with Gasteiger partial charge in [-0.15, -0.1) is 0 Å². The number of aryl methyl sites for hydroxylation is 1. The molecule has 158 valence electrons. The van der Waals surface area contributed by atoms with Crippen LogP contribution >= 0.6 is 11.6 Å². The van der Waals surface area contributed by atoms with E-state index in [1.165, 1.54) is 24.3 Å². The van der Waals surface area contributed by atoms with Crippen LogP contribution in [0.2, 0.25) is 5.02 Å². The molecule has 4 rings (SSSR count). The number of carbonyl (C=O) groups is 2. The molecule has 10 heteroatoms. The SMILES string of the molecule is Cc1ccc(NC(=O)C2CC(=O)Nc3nc(Nc4ccc(F)cc4)[nH]c(=O)c32)cc1Cl. The average molecular weight is 442 g/mol. The van der Waals surface area contributed by atoms with Gasteiger partial charge in [0.05, 0.1) is 11.5 Å². The molecule has 2 heterocycles. The third-order valence-electron chi connectivity index (χ3n) is 4.81. The molecule has 2 aromatic carbocycles. The van der Waals surface area contributed by atoms with Crippen LogP contribution in [0.5, 0.6) is 0 Å². The second-order valence-corrected chi connectivity index (χ2v) is 7.47. The molecule has 31 heavy (non-hydrogen) atoms.